The number of rotatable bonds is 7. The standard InChI is InChI=1S/C21H20N4O3/c1-14-12-19(28-25-14)17-13-23-21(24-20(17)18-4-3-11-27-18)22-10-9-15-5-7-16(26-2)8-6-15/h3-8,11-13H,9-10H2,1-2H3,(H,22,23,24). The predicted molar refractivity (Wildman–Crippen MR) is 105 cm³/mol. The van der Waals surface area contributed by atoms with Gasteiger partial charge in [0.1, 0.15) is 11.4 Å². The van der Waals surface area contributed by atoms with E-state index >= 15 is 0 Å². The molecular formula is C21H20N4O3. The van der Waals surface area contributed by atoms with Crippen molar-refractivity contribution in [1.82, 2.24) is 15.1 Å². The zero-order valence-corrected chi connectivity index (χ0v) is 15.7. The van der Waals surface area contributed by atoms with Crippen LogP contribution in [0.3, 0.4) is 0 Å². The van der Waals surface area contributed by atoms with E-state index in [0.717, 1.165) is 23.4 Å². The Morgan fingerprint density at radius 2 is 1.96 bits per heavy atom. The number of hydrogen-bond acceptors (Lipinski definition) is 7. The molecular weight excluding hydrogens is 356 g/mol. The minimum absolute atomic E-state index is 0.528. The van der Waals surface area contributed by atoms with Crippen LogP contribution in [0, 0.1) is 6.92 Å². The molecule has 3 aromatic heterocycles. The molecule has 0 unspecified atom stereocenters. The number of methoxy groups -OCH3 is 1. The summed E-state index contributed by atoms with van der Waals surface area (Å²) in [5.41, 5.74) is 3.38. The smallest absolute Gasteiger partial charge is 0.223 e. The fourth-order valence-corrected chi connectivity index (χ4v) is 2.85. The van der Waals surface area contributed by atoms with Gasteiger partial charge in [-0.15, -0.1) is 0 Å². The Balaban J connectivity index is 1.52. The first kappa shape index (κ1) is 17.8. The van der Waals surface area contributed by atoms with Gasteiger partial charge in [0, 0.05) is 18.8 Å². The van der Waals surface area contributed by atoms with Gasteiger partial charge in [-0.05, 0) is 43.2 Å². The number of ether oxygens (including phenoxy) is 1. The lowest BCUT2D eigenvalue weighted by molar-refractivity contribution is 0.414. The molecule has 0 aliphatic carbocycles. The maximum Gasteiger partial charge on any atom is 0.223 e. The average Bonchev–Trinajstić information content (AvgIpc) is 3.40. The third kappa shape index (κ3) is 3.88. The van der Waals surface area contributed by atoms with E-state index in [4.69, 9.17) is 13.7 Å². The van der Waals surface area contributed by atoms with Gasteiger partial charge in [-0.25, -0.2) is 9.97 Å². The van der Waals surface area contributed by atoms with Gasteiger partial charge >= 0.3 is 0 Å². The molecule has 3 heterocycles. The monoisotopic (exact) mass is 376 g/mol. The number of anilines is 1. The number of furan rings is 1. The molecule has 4 rings (SSSR count). The molecule has 0 saturated carbocycles. The lowest BCUT2D eigenvalue weighted by Crippen LogP contribution is -2.08. The summed E-state index contributed by atoms with van der Waals surface area (Å²) in [7, 11) is 1.66. The molecule has 0 saturated heterocycles. The third-order valence-corrected chi connectivity index (χ3v) is 4.29. The van der Waals surface area contributed by atoms with Crippen LogP contribution in [0.2, 0.25) is 0 Å². The second-order valence-corrected chi connectivity index (χ2v) is 6.29. The van der Waals surface area contributed by atoms with E-state index in [0.29, 0.717) is 29.7 Å². The molecule has 0 fully saturated rings. The Bertz CT molecular complexity index is 1040. The van der Waals surface area contributed by atoms with E-state index in [2.05, 4.69) is 20.4 Å². The molecule has 1 N–H and O–H groups in total. The second-order valence-electron chi connectivity index (χ2n) is 6.29. The predicted octanol–water partition coefficient (Wildman–Crippen LogP) is 4.36. The normalized spacial score (nSPS) is 10.8. The summed E-state index contributed by atoms with van der Waals surface area (Å²) in [6.45, 7) is 2.57. The first-order valence-corrected chi connectivity index (χ1v) is 8.94. The fraction of sp³-hybridized carbons (Fsp3) is 0.190. The summed E-state index contributed by atoms with van der Waals surface area (Å²) in [5.74, 6) is 2.62. The zero-order chi connectivity index (χ0) is 19.3. The van der Waals surface area contributed by atoms with E-state index in [9.17, 15) is 0 Å². The maximum atomic E-state index is 5.55. The topological polar surface area (TPSA) is 86.2 Å². The van der Waals surface area contributed by atoms with E-state index in [1.807, 2.05) is 49.4 Å². The van der Waals surface area contributed by atoms with Gasteiger partial charge in [-0.3, -0.25) is 0 Å². The lowest BCUT2D eigenvalue weighted by atomic mass is 10.1. The molecule has 0 amide bonds. The molecule has 28 heavy (non-hydrogen) atoms. The highest BCUT2D eigenvalue weighted by Gasteiger charge is 2.17. The van der Waals surface area contributed by atoms with Crippen molar-refractivity contribution in [2.45, 2.75) is 13.3 Å². The number of nitrogens with zero attached hydrogens (tertiary/aromatic N) is 3. The average molecular weight is 376 g/mol. The van der Waals surface area contributed by atoms with E-state index < -0.39 is 0 Å². The lowest BCUT2D eigenvalue weighted by Gasteiger charge is -2.09. The molecule has 0 aliphatic heterocycles. The van der Waals surface area contributed by atoms with Gasteiger partial charge < -0.3 is 19.0 Å². The van der Waals surface area contributed by atoms with Crippen LogP contribution in [-0.2, 0) is 6.42 Å². The number of aryl methyl sites for hydroxylation is 1. The summed E-state index contributed by atoms with van der Waals surface area (Å²) in [6.07, 6.45) is 4.18. The summed E-state index contributed by atoms with van der Waals surface area (Å²) < 4.78 is 16.1. The Kier molecular flexibility index (Phi) is 5.05. The van der Waals surface area contributed by atoms with Crippen molar-refractivity contribution >= 4 is 5.95 Å². The van der Waals surface area contributed by atoms with Crippen molar-refractivity contribution in [2.24, 2.45) is 0 Å². The van der Waals surface area contributed by atoms with Gasteiger partial charge in [0.15, 0.2) is 11.5 Å². The van der Waals surface area contributed by atoms with Crippen molar-refractivity contribution in [3.05, 3.63) is 66.2 Å². The van der Waals surface area contributed by atoms with Crippen molar-refractivity contribution in [2.75, 3.05) is 19.0 Å². The van der Waals surface area contributed by atoms with Gasteiger partial charge in [0.2, 0.25) is 5.95 Å². The minimum atomic E-state index is 0.528. The molecule has 0 spiro atoms. The molecule has 1 aromatic carbocycles. The van der Waals surface area contributed by atoms with Crippen LogP contribution in [0.4, 0.5) is 5.95 Å². The van der Waals surface area contributed by atoms with Crippen molar-refractivity contribution in [1.29, 1.82) is 0 Å². The van der Waals surface area contributed by atoms with Gasteiger partial charge in [0.05, 0.1) is 24.6 Å². The summed E-state index contributed by atoms with van der Waals surface area (Å²) in [5, 5.41) is 7.21. The van der Waals surface area contributed by atoms with Crippen LogP contribution < -0.4 is 10.1 Å². The largest absolute Gasteiger partial charge is 0.497 e. The number of hydrogen-bond donors (Lipinski definition) is 1. The number of benzene rings is 1. The van der Waals surface area contributed by atoms with E-state index in [-0.39, 0.29) is 0 Å². The molecule has 4 aromatic rings. The quantitative estimate of drug-likeness (QED) is 0.513. The van der Waals surface area contributed by atoms with E-state index in [1.54, 1.807) is 19.6 Å². The number of nitrogens with one attached hydrogen (secondary N) is 1. The van der Waals surface area contributed by atoms with Gasteiger partial charge in [0.25, 0.3) is 0 Å². The molecule has 0 bridgehead atoms. The zero-order valence-electron chi connectivity index (χ0n) is 15.7. The highest BCUT2D eigenvalue weighted by Crippen LogP contribution is 2.31. The Hall–Kier alpha value is -3.61. The fourth-order valence-electron chi connectivity index (χ4n) is 2.85. The highest BCUT2D eigenvalue weighted by molar-refractivity contribution is 5.75. The molecule has 0 radical (unpaired) electrons. The van der Waals surface area contributed by atoms with Crippen molar-refractivity contribution < 1.29 is 13.7 Å². The molecule has 142 valence electrons. The number of aromatic nitrogens is 3. The molecule has 7 nitrogen and oxygen atoms in total. The van der Waals surface area contributed by atoms with Crippen LogP contribution in [0.25, 0.3) is 22.8 Å². The molecule has 0 aliphatic rings. The maximum absolute atomic E-state index is 5.55. The van der Waals surface area contributed by atoms with Gasteiger partial charge in [-0.1, -0.05) is 17.3 Å². The van der Waals surface area contributed by atoms with Crippen LogP contribution in [0.5, 0.6) is 5.75 Å². The highest BCUT2D eigenvalue weighted by atomic mass is 16.5. The summed E-state index contributed by atoms with van der Waals surface area (Å²) >= 11 is 0. The Labute approximate surface area is 162 Å². The van der Waals surface area contributed by atoms with Crippen LogP contribution >= 0.6 is 0 Å². The van der Waals surface area contributed by atoms with Crippen LogP contribution in [0.1, 0.15) is 11.3 Å². The molecule has 7 heteroatoms. The van der Waals surface area contributed by atoms with Crippen molar-refractivity contribution in [3.63, 3.8) is 0 Å². The first-order valence-electron chi connectivity index (χ1n) is 8.94. The Morgan fingerprint density at radius 3 is 2.64 bits per heavy atom. The first-order chi connectivity index (χ1) is 13.7. The second kappa shape index (κ2) is 7.96. The Morgan fingerprint density at radius 1 is 1.11 bits per heavy atom. The molecule has 0 atom stereocenters. The summed E-state index contributed by atoms with van der Waals surface area (Å²) in [4.78, 5) is 9.06. The third-order valence-electron chi connectivity index (χ3n) is 4.29. The van der Waals surface area contributed by atoms with Gasteiger partial charge in [-0.2, -0.15) is 0 Å². The SMILES string of the molecule is COc1ccc(CCNc2ncc(-c3cc(C)no3)c(-c3ccco3)n2)cc1. The summed E-state index contributed by atoms with van der Waals surface area (Å²) in [6, 6.07) is 13.5. The van der Waals surface area contributed by atoms with Crippen molar-refractivity contribution in [3.8, 4) is 28.5 Å². The minimum Gasteiger partial charge on any atom is -0.497 e. The van der Waals surface area contributed by atoms with Crippen LogP contribution in [0.15, 0.2) is 63.9 Å². The van der Waals surface area contributed by atoms with E-state index in [1.165, 1.54) is 5.56 Å². The van der Waals surface area contributed by atoms with Crippen LogP contribution in [-0.4, -0.2) is 28.8 Å².